The van der Waals surface area contributed by atoms with Gasteiger partial charge in [-0.05, 0) is 24.0 Å². The molecule has 2 rings (SSSR count). The van der Waals surface area contributed by atoms with Crippen molar-refractivity contribution in [2.45, 2.75) is 71.4 Å². The number of hydrogen-bond donors (Lipinski definition) is 0. The van der Waals surface area contributed by atoms with E-state index in [0.29, 0.717) is 0 Å². The highest BCUT2D eigenvalue weighted by molar-refractivity contribution is 6.89. The van der Waals surface area contributed by atoms with Gasteiger partial charge in [-0.3, -0.25) is 0 Å². The molecule has 0 aromatic rings. The molecule has 2 aliphatic rings. The van der Waals surface area contributed by atoms with Crippen LogP contribution in [0.1, 0.15) is 33.6 Å². The molecule has 2 heteroatoms. The first-order chi connectivity index (χ1) is 9.89. The summed E-state index contributed by atoms with van der Waals surface area (Å²) in [5, 5.41) is 3.64. The Balaban J connectivity index is 2.54. The summed E-state index contributed by atoms with van der Waals surface area (Å²) in [6.45, 7) is 14.9. The molecule has 0 spiro atoms. The first-order valence-corrected chi connectivity index (χ1v) is 14.8. The van der Waals surface area contributed by atoms with Gasteiger partial charge in [0.15, 0.2) is 0 Å². The minimum Gasteiger partial charge on any atom is -0.0810 e. The fourth-order valence-electron chi connectivity index (χ4n) is 4.05. The molecule has 0 nitrogen and oxygen atoms in total. The van der Waals surface area contributed by atoms with E-state index in [1.54, 1.807) is 11.1 Å². The summed E-state index contributed by atoms with van der Waals surface area (Å²) < 4.78 is 0. The normalized spacial score (nSPS) is 19.3. The lowest BCUT2D eigenvalue weighted by Gasteiger charge is -2.33. The molecular weight excluding hydrogens is 284 g/mol. The maximum absolute atomic E-state index is 2.64. The van der Waals surface area contributed by atoms with Crippen molar-refractivity contribution in [2.75, 3.05) is 0 Å². The van der Waals surface area contributed by atoms with E-state index in [9.17, 15) is 0 Å². The molecule has 0 bridgehead atoms. The molecule has 0 N–H and O–H groups in total. The van der Waals surface area contributed by atoms with Crippen LogP contribution in [0.3, 0.4) is 0 Å². The predicted molar refractivity (Wildman–Crippen MR) is 102 cm³/mol. The molecule has 0 saturated carbocycles. The second-order valence-corrected chi connectivity index (χ2v) is 17.9. The van der Waals surface area contributed by atoms with Crippen molar-refractivity contribution in [3.63, 3.8) is 0 Å². The van der Waals surface area contributed by atoms with Gasteiger partial charge in [-0.1, -0.05) is 93.2 Å². The molecular formula is C19H32Si2. The molecule has 0 aromatic carbocycles. The molecule has 21 heavy (non-hydrogen) atoms. The summed E-state index contributed by atoms with van der Waals surface area (Å²) in [6.07, 6.45) is 12.0. The fraction of sp³-hybridized carbons (Fsp3) is 0.579. The Morgan fingerprint density at radius 3 is 2.00 bits per heavy atom. The summed E-state index contributed by atoms with van der Waals surface area (Å²) >= 11 is 0. The van der Waals surface area contributed by atoms with Crippen LogP contribution in [0.2, 0.25) is 37.8 Å². The van der Waals surface area contributed by atoms with E-state index in [1.165, 1.54) is 24.6 Å². The van der Waals surface area contributed by atoms with Crippen LogP contribution in [0.15, 0.2) is 45.8 Å². The molecule has 0 aromatic heterocycles. The van der Waals surface area contributed by atoms with Crippen LogP contribution in [-0.4, -0.2) is 16.1 Å². The van der Waals surface area contributed by atoms with Crippen LogP contribution in [0.25, 0.3) is 0 Å². The molecule has 116 valence electrons. The van der Waals surface area contributed by atoms with Crippen LogP contribution in [0.4, 0.5) is 0 Å². The third kappa shape index (κ3) is 2.98. The summed E-state index contributed by atoms with van der Waals surface area (Å²) in [5.41, 5.74) is 3.35. The van der Waals surface area contributed by atoms with E-state index in [4.69, 9.17) is 0 Å². The predicted octanol–water partition coefficient (Wildman–Crippen LogP) is 6.42. The molecule has 0 aliphatic heterocycles. The summed E-state index contributed by atoms with van der Waals surface area (Å²) in [4.78, 5) is 0. The zero-order chi connectivity index (χ0) is 15.7. The van der Waals surface area contributed by atoms with E-state index in [2.05, 4.69) is 64.7 Å². The second kappa shape index (κ2) is 6.25. The maximum Gasteiger partial charge on any atom is 0.0862 e. The highest BCUT2D eigenvalue weighted by atomic mass is 28.3. The van der Waals surface area contributed by atoms with Gasteiger partial charge >= 0.3 is 0 Å². The van der Waals surface area contributed by atoms with E-state index in [1.807, 2.05) is 10.4 Å². The SMILES string of the molecule is CC[Si](CC)(CC)C1=CCC([Si](C)(C)C)=C1C1=CC=CC1. The Bertz CT molecular complexity index is 512. The highest BCUT2D eigenvalue weighted by Gasteiger charge is 2.39. The third-order valence-electron chi connectivity index (χ3n) is 5.68. The molecule has 0 fully saturated rings. The van der Waals surface area contributed by atoms with Gasteiger partial charge in [0.05, 0.1) is 16.1 Å². The van der Waals surface area contributed by atoms with Crippen LogP contribution >= 0.6 is 0 Å². The van der Waals surface area contributed by atoms with E-state index >= 15 is 0 Å². The van der Waals surface area contributed by atoms with Crippen molar-refractivity contribution in [2.24, 2.45) is 0 Å². The van der Waals surface area contributed by atoms with Gasteiger partial charge in [-0.15, -0.1) is 0 Å². The van der Waals surface area contributed by atoms with Crippen LogP contribution in [-0.2, 0) is 0 Å². The summed E-state index contributed by atoms with van der Waals surface area (Å²) in [5.74, 6) is 0. The molecule has 0 unspecified atom stereocenters. The van der Waals surface area contributed by atoms with Gasteiger partial charge in [0.1, 0.15) is 0 Å². The van der Waals surface area contributed by atoms with Crippen molar-refractivity contribution >= 4 is 16.1 Å². The monoisotopic (exact) mass is 316 g/mol. The summed E-state index contributed by atoms with van der Waals surface area (Å²) in [6, 6.07) is 4.19. The van der Waals surface area contributed by atoms with E-state index < -0.39 is 16.1 Å². The van der Waals surface area contributed by atoms with Crippen molar-refractivity contribution in [1.29, 1.82) is 0 Å². The number of rotatable bonds is 6. The molecule has 0 atom stereocenters. The Morgan fingerprint density at radius 1 is 0.952 bits per heavy atom. The Morgan fingerprint density at radius 2 is 1.57 bits per heavy atom. The van der Waals surface area contributed by atoms with Gasteiger partial charge in [-0.2, -0.15) is 0 Å². The average Bonchev–Trinajstić information content (AvgIpc) is 3.09. The lowest BCUT2D eigenvalue weighted by molar-refractivity contribution is 1.16. The highest BCUT2D eigenvalue weighted by Crippen LogP contribution is 2.45. The molecule has 0 saturated heterocycles. The van der Waals surface area contributed by atoms with Crippen molar-refractivity contribution < 1.29 is 0 Å². The summed E-state index contributed by atoms with van der Waals surface area (Å²) in [7, 11) is -2.51. The van der Waals surface area contributed by atoms with Gasteiger partial charge in [-0.25, -0.2) is 0 Å². The second-order valence-electron chi connectivity index (χ2n) is 7.59. The maximum atomic E-state index is 2.64. The lowest BCUT2D eigenvalue weighted by atomic mass is 10.1. The molecule has 0 amide bonds. The van der Waals surface area contributed by atoms with Crippen LogP contribution < -0.4 is 0 Å². The lowest BCUT2D eigenvalue weighted by Crippen LogP contribution is -2.36. The zero-order valence-corrected chi connectivity index (χ0v) is 16.8. The average molecular weight is 317 g/mol. The molecule has 0 radical (unpaired) electrons. The molecule has 0 heterocycles. The van der Waals surface area contributed by atoms with Crippen molar-refractivity contribution in [1.82, 2.24) is 0 Å². The van der Waals surface area contributed by atoms with Gasteiger partial charge in [0.2, 0.25) is 0 Å². The number of allylic oxidation sites excluding steroid dienone is 8. The van der Waals surface area contributed by atoms with Crippen LogP contribution in [0.5, 0.6) is 0 Å². The minimum atomic E-state index is -1.28. The minimum absolute atomic E-state index is 1.16. The van der Waals surface area contributed by atoms with E-state index in [0.717, 1.165) is 6.42 Å². The Kier molecular flexibility index (Phi) is 4.99. The van der Waals surface area contributed by atoms with Crippen molar-refractivity contribution in [3.8, 4) is 0 Å². The van der Waals surface area contributed by atoms with E-state index in [-0.39, 0.29) is 0 Å². The third-order valence-corrected chi connectivity index (χ3v) is 13.6. The topological polar surface area (TPSA) is 0 Å². The first-order valence-electron chi connectivity index (χ1n) is 8.70. The first kappa shape index (κ1) is 16.8. The largest absolute Gasteiger partial charge is 0.0862 e. The standard InChI is InChI=1S/C19H32Si2/c1-7-21(8-2,9-3)18-15-14-17(20(4,5)6)19(18)16-12-10-11-13-16/h10-12,15H,7-9,13-14H2,1-6H3. The zero-order valence-electron chi connectivity index (χ0n) is 14.8. The van der Waals surface area contributed by atoms with Gasteiger partial charge < -0.3 is 0 Å². The Hall–Kier alpha value is -0.606. The van der Waals surface area contributed by atoms with Crippen LogP contribution in [0, 0.1) is 0 Å². The Labute approximate surface area is 133 Å². The smallest absolute Gasteiger partial charge is 0.0810 e. The molecule has 2 aliphatic carbocycles. The van der Waals surface area contributed by atoms with Gasteiger partial charge in [0.25, 0.3) is 0 Å². The van der Waals surface area contributed by atoms with Crippen molar-refractivity contribution in [3.05, 3.63) is 45.8 Å². The quantitative estimate of drug-likeness (QED) is 0.496. The fourth-order valence-corrected chi connectivity index (χ4v) is 9.96. The van der Waals surface area contributed by atoms with Gasteiger partial charge in [0, 0.05) is 0 Å². The number of hydrogen-bond acceptors (Lipinski definition) is 0.